The minimum Gasteiger partial charge on any atom is -0.507 e. The molecule has 2 aromatic rings. The highest BCUT2D eigenvalue weighted by atomic mass is 16.5. The van der Waals surface area contributed by atoms with Crippen LogP contribution in [0.25, 0.3) is 0 Å². The normalized spacial score (nSPS) is 10.0. The van der Waals surface area contributed by atoms with Gasteiger partial charge in [0, 0.05) is 12.6 Å². The third kappa shape index (κ3) is 5.13. The Bertz CT molecular complexity index is 759. The van der Waals surface area contributed by atoms with E-state index in [0.717, 1.165) is 5.56 Å². The van der Waals surface area contributed by atoms with Crippen LogP contribution in [-0.4, -0.2) is 37.8 Å². The van der Waals surface area contributed by atoms with E-state index in [-0.39, 0.29) is 17.9 Å². The topological polar surface area (TPSA) is 94.1 Å². The number of nitrogens with one attached hydrogen (secondary N) is 1. The van der Waals surface area contributed by atoms with Crippen molar-refractivity contribution in [2.45, 2.75) is 6.54 Å². The van der Waals surface area contributed by atoms with Crippen LogP contribution in [0, 0.1) is 0 Å². The highest BCUT2D eigenvalue weighted by Gasteiger charge is 2.15. The number of rotatable bonds is 7. The van der Waals surface area contributed by atoms with E-state index in [1.807, 2.05) is 12.1 Å². The largest absolute Gasteiger partial charge is 0.507 e. The van der Waals surface area contributed by atoms with E-state index in [1.165, 1.54) is 25.3 Å². The van der Waals surface area contributed by atoms with Gasteiger partial charge in [0.05, 0.1) is 14.2 Å². The molecule has 0 unspecified atom stereocenters. The number of phenolic OH excluding ortho intramolecular Hbond substituents is 1. The van der Waals surface area contributed by atoms with Crippen molar-refractivity contribution in [2.24, 2.45) is 0 Å². The van der Waals surface area contributed by atoms with Crippen molar-refractivity contribution in [1.29, 1.82) is 0 Å². The molecule has 0 aromatic heterocycles. The van der Waals surface area contributed by atoms with E-state index in [0.29, 0.717) is 11.5 Å². The van der Waals surface area contributed by atoms with Gasteiger partial charge in [-0.3, -0.25) is 4.79 Å². The lowest BCUT2D eigenvalue weighted by atomic mass is 10.2. The number of carbonyl (C=O) groups is 2. The Morgan fingerprint density at radius 1 is 1.04 bits per heavy atom. The highest BCUT2D eigenvalue weighted by Crippen LogP contribution is 2.23. The van der Waals surface area contributed by atoms with E-state index in [4.69, 9.17) is 14.2 Å². The summed E-state index contributed by atoms with van der Waals surface area (Å²) in [7, 11) is 3.01. The first-order valence-corrected chi connectivity index (χ1v) is 7.47. The summed E-state index contributed by atoms with van der Waals surface area (Å²) in [6, 6.07) is 11.4. The molecule has 2 N–H and O–H groups in total. The first-order chi connectivity index (χ1) is 12.0. The summed E-state index contributed by atoms with van der Waals surface area (Å²) >= 11 is 0. The molecule has 2 aromatic carbocycles. The van der Waals surface area contributed by atoms with Crippen molar-refractivity contribution in [3.8, 4) is 17.2 Å². The van der Waals surface area contributed by atoms with Gasteiger partial charge in [-0.05, 0) is 29.8 Å². The van der Waals surface area contributed by atoms with Gasteiger partial charge in [-0.15, -0.1) is 0 Å². The zero-order valence-electron chi connectivity index (χ0n) is 13.9. The smallest absolute Gasteiger partial charge is 0.342 e. The second kappa shape index (κ2) is 8.58. The molecule has 0 saturated carbocycles. The fraction of sp³-hybridized carbons (Fsp3) is 0.222. The molecule has 0 heterocycles. The Hall–Kier alpha value is -3.22. The fourth-order valence-corrected chi connectivity index (χ4v) is 2.05. The van der Waals surface area contributed by atoms with Gasteiger partial charge in [0.1, 0.15) is 22.8 Å². The van der Waals surface area contributed by atoms with Crippen molar-refractivity contribution in [1.82, 2.24) is 5.32 Å². The molecule has 0 aliphatic carbocycles. The number of hydrogen-bond acceptors (Lipinski definition) is 6. The standard InChI is InChI=1S/C18H19NO6/c1-23-13-5-3-4-12(8-13)10-19-17(21)11-25-18(22)15-7-6-14(24-2)9-16(15)20/h3-9,20H,10-11H2,1-2H3,(H,19,21). The van der Waals surface area contributed by atoms with Crippen molar-refractivity contribution in [2.75, 3.05) is 20.8 Å². The van der Waals surface area contributed by atoms with E-state index >= 15 is 0 Å². The van der Waals surface area contributed by atoms with Gasteiger partial charge in [-0.2, -0.15) is 0 Å². The van der Waals surface area contributed by atoms with Gasteiger partial charge in [-0.1, -0.05) is 12.1 Å². The van der Waals surface area contributed by atoms with Crippen LogP contribution in [0.2, 0.25) is 0 Å². The van der Waals surface area contributed by atoms with Crippen LogP contribution in [-0.2, 0) is 16.1 Å². The molecule has 25 heavy (non-hydrogen) atoms. The number of benzene rings is 2. The SMILES string of the molecule is COc1cccc(CNC(=O)COC(=O)c2ccc(OC)cc2O)c1. The maximum absolute atomic E-state index is 11.9. The molecule has 0 saturated heterocycles. The Kier molecular flexibility index (Phi) is 6.22. The van der Waals surface area contributed by atoms with E-state index < -0.39 is 18.5 Å². The summed E-state index contributed by atoms with van der Waals surface area (Å²) in [5.41, 5.74) is 0.813. The Morgan fingerprint density at radius 3 is 2.44 bits per heavy atom. The average Bonchev–Trinajstić information content (AvgIpc) is 2.64. The maximum atomic E-state index is 11.9. The molecule has 1 amide bonds. The van der Waals surface area contributed by atoms with Gasteiger partial charge in [0.2, 0.25) is 0 Å². The number of carbonyl (C=O) groups excluding carboxylic acids is 2. The van der Waals surface area contributed by atoms with Crippen LogP contribution in [0.15, 0.2) is 42.5 Å². The summed E-state index contributed by atoms with van der Waals surface area (Å²) in [6.45, 7) is -0.171. The van der Waals surface area contributed by atoms with Gasteiger partial charge < -0.3 is 24.6 Å². The third-order valence-electron chi connectivity index (χ3n) is 3.38. The van der Waals surface area contributed by atoms with Gasteiger partial charge in [0.15, 0.2) is 6.61 Å². The monoisotopic (exact) mass is 345 g/mol. The minimum atomic E-state index is -0.795. The molecule has 0 bridgehead atoms. The van der Waals surface area contributed by atoms with E-state index in [2.05, 4.69) is 5.32 Å². The maximum Gasteiger partial charge on any atom is 0.342 e. The summed E-state index contributed by atoms with van der Waals surface area (Å²) in [6.07, 6.45) is 0. The average molecular weight is 345 g/mol. The lowest BCUT2D eigenvalue weighted by Crippen LogP contribution is -2.28. The van der Waals surface area contributed by atoms with Gasteiger partial charge in [0.25, 0.3) is 5.91 Å². The van der Waals surface area contributed by atoms with Gasteiger partial charge >= 0.3 is 5.97 Å². The van der Waals surface area contributed by atoms with Gasteiger partial charge in [-0.25, -0.2) is 4.79 Å². The molecule has 0 aliphatic heterocycles. The van der Waals surface area contributed by atoms with Crippen LogP contribution in [0.4, 0.5) is 0 Å². The van der Waals surface area contributed by atoms with E-state index in [9.17, 15) is 14.7 Å². The quantitative estimate of drug-likeness (QED) is 0.744. The number of esters is 1. The molecule has 0 fully saturated rings. The Balaban J connectivity index is 1.84. The number of aromatic hydroxyl groups is 1. The first kappa shape index (κ1) is 18.1. The fourth-order valence-electron chi connectivity index (χ4n) is 2.05. The summed E-state index contributed by atoms with van der Waals surface area (Å²) in [5, 5.41) is 12.4. The second-order valence-corrected chi connectivity index (χ2v) is 5.09. The molecule has 7 heteroatoms. The summed E-state index contributed by atoms with van der Waals surface area (Å²) in [4.78, 5) is 23.7. The summed E-state index contributed by atoms with van der Waals surface area (Å²) < 4.78 is 14.9. The molecular formula is C18H19NO6. The van der Waals surface area contributed by atoms with E-state index in [1.54, 1.807) is 19.2 Å². The number of phenols is 1. The van der Waals surface area contributed by atoms with Crippen molar-refractivity contribution in [3.63, 3.8) is 0 Å². The number of amides is 1. The third-order valence-corrected chi connectivity index (χ3v) is 3.38. The zero-order chi connectivity index (χ0) is 18.2. The highest BCUT2D eigenvalue weighted by molar-refractivity contribution is 5.94. The van der Waals surface area contributed by atoms with Crippen LogP contribution < -0.4 is 14.8 Å². The van der Waals surface area contributed by atoms with Crippen LogP contribution in [0.3, 0.4) is 0 Å². The number of hydrogen-bond donors (Lipinski definition) is 2. The predicted octanol–water partition coefficient (Wildman–Crippen LogP) is 1.88. The lowest BCUT2D eigenvalue weighted by Gasteiger charge is -2.09. The van der Waals surface area contributed by atoms with Crippen LogP contribution in [0.1, 0.15) is 15.9 Å². The van der Waals surface area contributed by atoms with Crippen molar-refractivity contribution in [3.05, 3.63) is 53.6 Å². The molecule has 132 valence electrons. The first-order valence-electron chi connectivity index (χ1n) is 7.47. The lowest BCUT2D eigenvalue weighted by molar-refractivity contribution is -0.124. The Morgan fingerprint density at radius 2 is 1.76 bits per heavy atom. The molecule has 0 atom stereocenters. The second-order valence-electron chi connectivity index (χ2n) is 5.09. The minimum absolute atomic E-state index is 0.0404. The molecule has 7 nitrogen and oxygen atoms in total. The van der Waals surface area contributed by atoms with Crippen molar-refractivity contribution < 1.29 is 28.9 Å². The van der Waals surface area contributed by atoms with Crippen LogP contribution >= 0.6 is 0 Å². The molecular weight excluding hydrogens is 326 g/mol. The number of ether oxygens (including phenoxy) is 3. The van der Waals surface area contributed by atoms with Crippen LogP contribution in [0.5, 0.6) is 17.2 Å². The molecule has 0 radical (unpaired) electrons. The molecule has 2 rings (SSSR count). The molecule has 0 aliphatic rings. The molecule has 0 spiro atoms. The predicted molar refractivity (Wildman–Crippen MR) is 89.8 cm³/mol. The Labute approximate surface area is 145 Å². The number of methoxy groups -OCH3 is 2. The summed E-state index contributed by atoms with van der Waals surface area (Å²) in [5.74, 6) is -0.430. The van der Waals surface area contributed by atoms with Crippen molar-refractivity contribution >= 4 is 11.9 Å². The zero-order valence-corrected chi connectivity index (χ0v) is 13.9.